The summed E-state index contributed by atoms with van der Waals surface area (Å²) in [4.78, 5) is 0. The molecule has 0 heteroatoms. The van der Waals surface area contributed by atoms with Crippen LogP contribution in [-0.2, 0) is 0 Å². The van der Waals surface area contributed by atoms with E-state index in [2.05, 4.69) is 0 Å². The van der Waals surface area contributed by atoms with E-state index in [4.69, 9.17) is 0 Å². The molecule has 4 saturated carbocycles. The molecule has 0 radical (unpaired) electrons. The second-order valence-electron chi connectivity index (χ2n) is 11.7. The van der Waals surface area contributed by atoms with Crippen LogP contribution in [0.3, 0.4) is 0 Å². The van der Waals surface area contributed by atoms with Crippen molar-refractivity contribution in [1.29, 1.82) is 0 Å². The van der Waals surface area contributed by atoms with Crippen molar-refractivity contribution in [1.82, 2.24) is 0 Å². The zero-order chi connectivity index (χ0) is 19.0. The second kappa shape index (κ2) is 11.4. The SMILES string of the molecule is C(CCCCC[C@@H]1CC[C@H]2CCC[C@H]2C1)CCCC[C@@H]1CC[C@@H]2CCC[C@@H]2C1. The molecular weight excluding hydrogens is 336 g/mol. The molecule has 0 nitrogen and oxygen atoms in total. The number of hydrogen-bond acceptors (Lipinski definition) is 0. The Hall–Kier alpha value is 0. The molecule has 0 amide bonds. The third kappa shape index (κ3) is 6.25. The molecule has 0 aromatic heterocycles. The average molecular weight is 387 g/mol. The molecule has 0 heterocycles. The summed E-state index contributed by atoms with van der Waals surface area (Å²) < 4.78 is 0. The maximum Gasteiger partial charge on any atom is -0.0383 e. The Morgan fingerprint density at radius 1 is 0.357 bits per heavy atom. The molecule has 0 aromatic rings. The predicted molar refractivity (Wildman–Crippen MR) is 123 cm³/mol. The van der Waals surface area contributed by atoms with Gasteiger partial charge in [-0.05, 0) is 61.2 Å². The van der Waals surface area contributed by atoms with E-state index in [1.807, 2.05) is 0 Å². The third-order valence-corrected chi connectivity index (χ3v) is 9.77. The quantitative estimate of drug-likeness (QED) is 0.310. The maximum absolute atomic E-state index is 1.60. The van der Waals surface area contributed by atoms with Crippen molar-refractivity contribution in [3.8, 4) is 0 Å². The van der Waals surface area contributed by atoms with Crippen LogP contribution < -0.4 is 0 Å². The van der Waals surface area contributed by atoms with Gasteiger partial charge in [-0.1, -0.05) is 116 Å². The van der Waals surface area contributed by atoms with E-state index in [9.17, 15) is 0 Å². The summed E-state index contributed by atoms with van der Waals surface area (Å²) in [5, 5.41) is 0. The zero-order valence-corrected chi connectivity index (χ0v) is 19.0. The van der Waals surface area contributed by atoms with E-state index >= 15 is 0 Å². The first kappa shape index (κ1) is 21.2. The molecule has 0 bridgehead atoms. The highest BCUT2D eigenvalue weighted by molar-refractivity contribution is 4.85. The summed E-state index contributed by atoms with van der Waals surface area (Å²) in [7, 11) is 0. The summed E-state index contributed by atoms with van der Waals surface area (Å²) in [5.74, 6) is 6.80. The first-order valence-corrected chi connectivity index (χ1v) is 13.9. The Bertz CT molecular complexity index is 386. The molecule has 0 aliphatic heterocycles. The molecule has 4 rings (SSSR count). The first-order chi connectivity index (χ1) is 13.9. The minimum atomic E-state index is 1.11. The van der Waals surface area contributed by atoms with E-state index in [0.717, 1.165) is 35.5 Å². The highest BCUT2D eigenvalue weighted by Crippen LogP contribution is 2.46. The van der Waals surface area contributed by atoms with E-state index < -0.39 is 0 Å². The van der Waals surface area contributed by atoms with Crippen LogP contribution in [0.15, 0.2) is 0 Å². The number of rotatable bonds is 11. The first-order valence-electron chi connectivity index (χ1n) is 13.9. The Balaban J connectivity index is 0.928. The minimum absolute atomic E-state index is 1.11. The van der Waals surface area contributed by atoms with Crippen LogP contribution in [0.2, 0.25) is 0 Å². The van der Waals surface area contributed by atoms with E-state index in [1.54, 1.807) is 89.9 Å². The lowest BCUT2D eigenvalue weighted by Crippen LogP contribution is -2.20. The summed E-state index contributed by atoms with van der Waals surface area (Å²) >= 11 is 0. The molecule has 4 aliphatic carbocycles. The number of unbranched alkanes of at least 4 members (excludes halogenated alkanes) is 7. The van der Waals surface area contributed by atoms with Gasteiger partial charge in [0.2, 0.25) is 0 Å². The molecule has 4 aliphatic rings. The summed E-state index contributed by atoms with van der Waals surface area (Å²) in [5.41, 5.74) is 0. The van der Waals surface area contributed by atoms with Crippen molar-refractivity contribution >= 4 is 0 Å². The van der Waals surface area contributed by atoms with Gasteiger partial charge >= 0.3 is 0 Å². The lowest BCUT2D eigenvalue weighted by molar-refractivity contribution is 0.197. The molecule has 0 aromatic carbocycles. The Labute approximate surface area is 177 Å². The van der Waals surface area contributed by atoms with Gasteiger partial charge in [0.1, 0.15) is 0 Å². The lowest BCUT2D eigenvalue weighted by atomic mass is 9.74. The van der Waals surface area contributed by atoms with Gasteiger partial charge in [-0.3, -0.25) is 0 Å². The van der Waals surface area contributed by atoms with Crippen molar-refractivity contribution in [2.45, 2.75) is 141 Å². The number of fused-ring (bicyclic) bond motifs is 2. The van der Waals surface area contributed by atoms with E-state index in [1.165, 1.54) is 51.4 Å². The Kier molecular flexibility index (Phi) is 8.65. The van der Waals surface area contributed by atoms with Gasteiger partial charge in [-0.15, -0.1) is 0 Å². The minimum Gasteiger partial charge on any atom is -0.0533 e. The van der Waals surface area contributed by atoms with Crippen LogP contribution in [0.4, 0.5) is 0 Å². The van der Waals surface area contributed by atoms with Crippen molar-refractivity contribution in [3.05, 3.63) is 0 Å². The fourth-order valence-electron chi connectivity index (χ4n) is 8.05. The second-order valence-corrected chi connectivity index (χ2v) is 11.7. The van der Waals surface area contributed by atoms with Gasteiger partial charge in [0.15, 0.2) is 0 Å². The van der Waals surface area contributed by atoms with Crippen LogP contribution in [0.1, 0.15) is 141 Å². The van der Waals surface area contributed by atoms with Crippen molar-refractivity contribution in [2.24, 2.45) is 35.5 Å². The lowest BCUT2D eigenvalue weighted by Gasteiger charge is -2.32. The molecule has 0 spiro atoms. The third-order valence-electron chi connectivity index (χ3n) is 9.77. The fourth-order valence-corrected chi connectivity index (χ4v) is 8.05. The van der Waals surface area contributed by atoms with Crippen molar-refractivity contribution in [2.75, 3.05) is 0 Å². The standard InChI is InChI=1S/C28H50/c1(3-5-7-11-23-17-19-25-13-9-15-27(25)21-23)2-4-6-8-12-24-18-20-26-14-10-16-28(26)22-24/h23-28H,1-22H2/t23-,24-,25-,26+,27+,28-/m1/s1. The van der Waals surface area contributed by atoms with Crippen LogP contribution >= 0.6 is 0 Å². The number of hydrogen-bond donors (Lipinski definition) is 0. The van der Waals surface area contributed by atoms with Crippen LogP contribution in [0.25, 0.3) is 0 Å². The largest absolute Gasteiger partial charge is 0.0533 e. The average Bonchev–Trinajstić information content (AvgIpc) is 3.37. The van der Waals surface area contributed by atoms with Crippen molar-refractivity contribution < 1.29 is 0 Å². The Morgan fingerprint density at radius 2 is 0.750 bits per heavy atom. The molecule has 28 heavy (non-hydrogen) atoms. The molecule has 4 fully saturated rings. The van der Waals surface area contributed by atoms with E-state index in [-0.39, 0.29) is 0 Å². The molecular formula is C28H50. The summed E-state index contributed by atoms with van der Waals surface area (Å²) in [6.07, 6.45) is 34.2. The molecule has 0 unspecified atom stereocenters. The monoisotopic (exact) mass is 386 g/mol. The highest BCUT2D eigenvalue weighted by Gasteiger charge is 2.34. The van der Waals surface area contributed by atoms with Crippen LogP contribution in [0, 0.1) is 35.5 Å². The van der Waals surface area contributed by atoms with Crippen LogP contribution in [0.5, 0.6) is 0 Å². The smallest absolute Gasteiger partial charge is 0.0383 e. The zero-order valence-electron chi connectivity index (χ0n) is 19.0. The topological polar surface area (TPSA) is 0 Å². The molecule has 0 N–H and O–H groups in total. The van der Waals surface area contributed by atoms with Gasteiger partial charge in [-0.25, -0.2) is 0 Å². The summed E-state index contributed by atoms with van der Waals surface area (Å²) in [6.45, 7) is 0. The van der Waals surface area contributed by atoms with Gasteiger partial charge < -0.3 is 0 Å². The highest BCUT2D eigenvalue weighted by atomic mass is 14.4. The normalized spacial score (nSPS) is 37.7. The van der Waals surface area contributed by atoms with Gasteiger partial charge in [-0.2, -0.15) is 0 Å². The van der Waals surface area contributed by atoms with Gasteiger partial charge in [0, 0.05) is 0 Å². The maximum atomic E-state index is 1.60. The van der Waals surface area contributed by atoms with Crippen molar-refractivity contribution in [3.63, 3.8) is 0 Å². The van der Waals surface area contributed by atoms with E-state index in [0.29, 0.717) is 0 Å². The molecule has 162 valence electrons. The van der Waals surface area contributed by atoms with Crippen LogP contribution in [-0.4, -0.2) is 0 Å². The molecule has 6 atom stereocenters. The fraction of sp³-hybridized carbons (Fsp3) is 1.00. The summed E-state index contributed by atoms with van der Waals surface area (Å²) in [6, 6.07) is 0. The predicted octanol–water partition coefficient (Wildman–Crippen LogP) is 9.32. The van der Waals surface area contributed by atoms with Gasteiger partial charge in [0.25, 0.3) is 0 Å². The molecule has 0 saturated heterocycles. The Morgan fingerprint density at radius 3 is 1.21 bits per heavy atom. The van der Waals surface area contributed by atoms with Gasteiger partial charge in [0.05, 0.1) is 0 Å².